The molecular formula is C41H74NO8P. The molecule has 0 amide bonds. The standard InChI is InChI=1S/C41H74NO8P/c1-5-7-9-11-13-15-17-19-20-22-23-25-27-29-31-33-40(43)47-37-39(38-49-51(45,46)48-36-35-42(3)4)50-41(44)34-32-30-28-26-24-21-18-16-14-12-10-8-6-2/h13,15-16,18-20,23,25,39H,5-12,14,17,21-22,24,26-38H2,1-4H3,(H,45,46)/b15-13-,18-16-,20-19-,25-23-. The van der Waals surface area contributed by atoms with Crippen LogP contribution >= 0.6 is 7.82 Å². The predicted octanol–water partition coefficient (Wildman–Crippen LogP) is 11.0. The van der Waals surface area contributed by atoms with Crippen LogP contribution in [0.4, 0.5) is 0 Å². The maximum Gasteiger partial charge on any atom is 0.472 e. The minimum absolute atomic E-state index is 0.00169. The van der Waals surface area contributed by atoms with Crippen molar-refractivity contribution in [2.75, 3.05) is 40.5 Å². The molecule has 2 atom stereocenters. The van der Waals surface area contributed by atoms with Crippen molar-refractivity contribution in [2.45, 2.75) is 161 Å². The van der Waals surface area contributed by atoms with E-state index in [2.05, 4.69) is 62.5 Å². The van der Waals surface area contributed by atoms with E-state index in [9.17, 15) is 19.0 Å². The van der Waals surface area contributed by atoms with Gasteiger partial charge in [-0.1, -0.05) is 114 Å². The molecule has 0 rings (SSSR count). The van der Waals surface area contributed by atoms with Crippen LogP contribution in [0.5, 0.6) is 0 Å². The van der Waals surface area contributed by atoms with Gasteiger partial charge in [0.1, 0.15) is 6.61 Å². The lowest BCUT2D eigenvalue weighted by molar-refractivity contribution is -0.161. The van der Waals surface area contributed by atoms with Crippen molar-refractivity contribution >= 4 is 19.8 Å². The topological polar surface area (TPSA) is 112 Å². The molecule has 0 bridgehead atoms. The number of carbonyl (C=O) groups is 2. The van der Waals surface area contributed by atoms with Crippen molar-refractivity contribution in [3.63, 3.8) is 0 Å². The first-order valence-corrected chi connectivity index (χ1v) is 21.4. The first-order chi connectivity index (χ1) is 24.7. The Balaban J connectivity index is 4.43. The summed E-state index contributed by atoms with van der Waals surface area (Å²) in [6.07, 6.45) is 38.7. The van der Waals surface area contributed by atoms with Crippen LogP contribution in [0.1, 0.15) is 155 Å². The smallest absolute Gasteiger partial charge is 0.462 e. The molecule has 0 aromatic rings. The summed E-state index contributed by atoms with van der Waals surface area (Å²) in [4.78, 5) is 36.9. The maximum atomic E-state index is 12.6. The van der Waals surface area contributed by atoms with Crippen molar-refractivity contribution in [3.8, 4) is 0 Å². The van der Waals surface area contributed by atoms with Gasteiger partial charge in [0.15, 0.2) is 6.10 Å². The molecule has 0 spiro atoms. The summed E-state index contributed by atoms with van der Waals surface area (Å²) in [7, 11) is -0.735. The molecule has 9 nitrogen and oxygen atoms in total. The highest BCUT2D eigenvalue weighted by Crippen LogP contribution is 2.43. The number of nitrogens with zero attached hydrogens (tertiary/aromatic N) is 1. The second kappa shape index (κ2) is 36.3. The van der Waals surface area contributed by atoms with E-state index in [4.69, 9.17) is 18.5 Å². The minimum Gasteiger partial charge on any atom is -0.462 e. The summed E-state index contributed by atoms with van der Waals surface area (Å²) < 4.78 is 33.3. The number of carbonyl (C=O) groups excluding carboxylic acids is 2. The first kappa shape index (κ1) is 49.0. The Bertz CT molecular complexity index is 994. The Morgan fingerprint density at radius 1 is 0.608 bits per heavy atom. The fourth-order valence-corrected chi connectivity index (χ4v) is 5.72. The molecular weight excluding hydrogens is 665 g/mol. The zero-order valence-electron chi connectivity index (χ0n) is 32.8. The van der Waals surface area contributed by atoms with Gasteiger partial charge in [-0.25, -0.2) is 4.57 Å². The molecule has 0 aromatic carbocycles. The summed E-state index contributed by atoms with van der Waals surface area (Å²) in [6.45, 7) is 4.20. The van der Waals surface area contributed by atoms with Crippen LogP contribution in [0, 0.1) is 0 Å². The molecule has 0 radical (unpaired) electrons. The van der Waals surface area contributed by atoms with Gasteiger partial charge in [-0.3, -0.25) is 18.6 Å². The minimum atomic E-state index is -4.37. The van der Waals surface area contributed by atoms with E-state index in [0.29, 0.717) is 19.4 Å². The molecule has 0 aromatic heterocycles. The predicted molar refractivity (Wildman–Crippen MR) is 211 cm³/mol. The van der Waals surface area contributed by atoms with Gasteiger partial charge in [0.2, 0.25) is 0 Å². The molecule has 0 heterocycles. The van der Waals surface area contributed by atoms with Crippen LogP contribution in [0.3, 0.4) is 0 Å². The van der Waals surface area contributed by atoms with E-state index in [1.807, 2.05) is 19.0 Å². The van der Waals surface area contributed by atoms with E-state index in [0.717, 1.165) is 64.2 Å². The molecule has 0 aliphatic carbocycles. The summed E-state index contributed by atoms with van der Waals surface area (Å²) >= 11 is 0. The largest absolute Gasteiger partial charge is 0.472 e. The van der Waals surface area contributed by atoms with Crippen molar-refractivity contribution in [2.24, 2.45) is 0 Å². The zero-order chi connectivity index (χ0) is 37.7. The lowest BCUT2D eigenvalue weighted by Gasteiger charge is -2.20. The summed E-state index contributed by atoms with van der Waals surface area (Å²) in [6, 6.07) is 0. The number of rotatable bonds is 36. The van der Waals surface area contributed by atoms with Crippen LogP contribution in [0.2, 0.25) is 0 Å². The molecule has 2 unspecified atom stereocenters. The third kappa shape index (κ3) is 37.5. The van der Waals surface area contributed by atoms with Crippen molar-refractivity contribution < 1.29 is 37.6 Å². The summed E-state index contributed by atoms with van der Waals surface area (Å²) in [5, 5.41) is 0. The zero-order valence-corrected chi connectivity index (χ0v) is 33.7. The van der Waals surface area contributed by atoms with Crippen LogP contribution < -0.4 is 0 Å². The van der Waals surface area contributed by atoms with E-state index in [-0.39, 0.29) is 26.1 Å². The normalized spacial score (nSPS) is 14.0. The highest BCUT2D eigenvalue weighted by molar-refractivity contribution is 7.47. The van der Waals surface area contributed by atoms with Crippen molar-refractivity contribution in [1.29, 1.82) is 0 Å². The van der Waals surface area contributed by atoms with Gasteiger partial charge in [-0.2, -0.15) is 0 Å². The van der Waals surface area contributed by atoms with Crippen molar-refractivity contribution in [1.82, 2.24) is 4.90 Å². The Kier molecular flexibility index (Phi) is 34.9. The fourth-order valence-electron chi connectivity index (χ4n) is 4.98. The van der Waals surface area contributed by atoms with Gasteiger partial charge < -0.3 is 19.3 Å². The molecule has 10 heteroatoms. The van der Waals surface area contributed by atoms with Gasteiger partial charge in [0, 0.05) is 19.4 Å². The highest BCUT2D eigenvalue weighted by atomic mass is 31.2. The van der Waals surface area contributed by atoms with Gasteiger partial charge in [-0.15, -0.1) is 0 Å². The van der Waals surface area contributed by atoms with Crippen LogP contribution in [-0.4, -0.2) is 68.3 Å². The van der Waals surface area contributed by atoms with E-state index >= 15 is 0 Å². The number of ether oxygens (including phenoxy) is 2. The number of hydrogen-bond acceptors (Lipinski definition) is 8. The van der Waals surface area contributed by atoms with Crippen LogP contribution in [0.25, 0.3) is 0 Å². The van der Waals surface area contributed by atoms with E-state index in [1.165, 1.54) is 51.4 Å². The average Bonchev–Trinajstić information content (AvgIpc) is 3.09. The summed E-state index contributed by atoms with van der Waals surface area (Å²) in [5.41, 5.74) is 0. The van der Waals surface area contributed by atoms with E-state index < -0.39 is 32.5 Å². The molecule has 0 saturated heterocycles. The molecule has 0 saturated carbocycles. The molecule has 51 heavy (non-hydrogen) atoms. The third-order valence-corrected chi connectivity index (χ3v) is 9.09. The number of likely N-dealkylation sites (N-methyl/N-ethyl adjacent to an activating group) is 1. The quantitative estimate of drug-likeness (QED) is 0.0290. The highest BCUT2D eigenvalue weighted by Gasteiger charge is 2.26. The molecule has 296 valence electrons. The lowest BCUT2D eigenvalue weighted by Crippen LogP contribution is -2.29. The Labute approximate surface area is 311 Å². The fraction of sp³-hybridized carbons (Fsp3) is 0.756. The number of allylic oxidation sites excluding steroid dienone is 8. The van der Waals surface area contributed by atoms with Gasteiger partial charge in [0.25, 0.3) is 0 Å². The Morgan fingerprint density at radius 3 is 1.67 bits per heavy atom. The summed E-state index contributed by atoms with van der Waals surface area (Å²) in [5.74, 6) is -0.862. The first-order valence-electron chi connectivity index (χ1n) is 19.9. The third-order valence-electron chi connectivity index (χ3n) is 8.11. The van der Waals surface area contributed by atoms with Gasteiger partial charge in [-0.05, 0) is 91.1 Å². The molecule has 0 aliphatic heterocycles. The maximum absolute atomic E-state index is 12.6. The number of unbranched alkanes of at least 4 members (excludes halogenated alkanes) is 14. The average molecular weight is 740 g/mol. The van der Waals surface area contributed by atoms with Crippen LogP contribution in [0.15, 0.2) is 48.6 Å². The van der Waals surface area contributed by atoms with Crippen LogP contribution in [-0.2, 0) is 32.7 Å². The molecule has 0 aliphatic rings. The monoisotopic (exact) mass is 740 g/mol. The second-order valence-electron chi connectivity index (χ2n) is 13.5. The van der Waals surface area contributed by atoms with Gasteiger partial charge >= 0.3 is 19.8 Å². The lowest BCUT2D eigenvalue weighted by atomic mass is 10.1. The Morgan fingerprint density at radius 2 is 1.06 bits per heavy atom. The van der Waals surface area contributed by atoms with Gasteiger partial charge in [0.05, 0.1) is 13.2 Å². The molecule has 0 fully saturated rings. The number of phosphoric ester groups is 1. The van der Waals surface area contributed by atoms with Crippen molar-refractivity contribution in [3.05, 3.63) is 48.6 Å². The SMILES string of the molecule is CCCCC/C=C\C/C=C\C/C=C\CCCCC(=O)OCC(COP(=O)(O)OCCN(C)C)OC(=O)CCCCCCC/C=C\CCCCCC. The number of esters is 2. The Hall–Kier alpha value is -2.03. The number of hydrogen-bond donors (Lipinski definition) is 1. The van der Waals surface area contributed by atoms with E-state index in [1.54, 1.807) is 0 Å². The molecule has 1 N–H and O–H groups in total. The number of phosphoric acid groups is 1. The second-order valence-corrected chi connectivity index (χ2v) is 14.9.